The Hall–Kier alpha value is -0.660. The molecule has 1 unspecified atom stereocenters. The first-order valence-corrected chi connectivity index (χ1v) is 6.33. The van der Waals surface area contributed by atoms with Crippen molar-refractivity contribution < 1.29 is 9.59 Å². The second-order valence-corrected chi connectivity index (χ2v) is 5.09. The van der Waals surface area contributed by atoms with Crippen LogP contribution in [0.5, 0.6) is 0 Å². The Bertz CT molecular complexity index is 251. The normalized spacial score (nSPS) is 28.3. The molecule has 2 heteroatoms. The lowest BCUT2D eigenvalue weighted by atomic mass is 9.83. The Morgan fingerprint density at radius 3 is 2.40 bits per heavy atom. The van der Waals surface area contributed by atoms with Crippen molar-refractivity contribution in [3.05, 3.63) is 0 Å². The third kappa shape index (κ3) is 2.67. The van der Waals surface area contributed by atoms with E-state index in [2.05, 4.69) is 0 Å². The Morgan fingerprint density at radius 2 is 1.80 bits per heavy atom. The second kappa shape index (κ2) is 4.91. The molecule has 0 radical (unpaired) electrons. The van der Waals surface area contributed by atoms with Gasteiger partial charge in [-0.05, 0) is 18.8 Å². The zero-order chi connectivity index (χ0) is 10.7. The van der Waals surface area contributed by atoms with Gasteiger partial charge in [0.05, 0.1) is 5.92 Å². The number of carbonyl (C=O) groups excluding carboxylic acids is 2. The SMILES string of the molecule is O=C1CCCC1C(=O)CC1CCCCC1. The van der Waals surface area contributed by atoms with Gasteiger partial charge in [-0.15, -0.1) is 0 Å². The quantitative estimate of drug-likeness (QED) is 0.668. The van der Waals surface area contributed by atoms with E-state index in [4.69, 9.17) is 0 Å². The van der Waals surface area contributed by atoms with Crippen LogP contribution < -0.4 is 0 Å². The maximum Gasteiger partial charge on any atom is 0.143 e. The molecule has 2 nitrogen and oxygen atoms in total. The molecule has 2 aliphatic carbocycles. The number of ketones is 2. The molecule has 2 rings (SSSR count). The van der Waals surface area contributed by atoms with Crippen molar-refractivity contribution in [3.63, 3.8) is 0 Å². The molecular formula is C13H20O2. The fraction of sp³-hybridized carbons (Fsp3) is 0.846. The van der Waals surface area contributed by atoms with Gasteiger partial charge in [-0.3, -0.25) is 9.59 Å². The molecule has 2 aliphatic rings. The van der Waals surface area contributed by atoms with Crippen molar-refractivity contribution in [1.29, 1.82) is 0 Å². The van der Waals surface area contributed by atoms with E-state index in [1.165, 1.54) is 32.1 Å². The Labute approximate surface area is 91.4 Å². The van der Waals surface area contributed by atoms with E-state index in [1.54, 1.807) is 0 Å². The first kappa shape index (κ1) is 10.8. The molecule has 2 saturated carbocycles. The van der Waals surface area contributed by atoms with Crippen molar-refractivity contribution in [2.24, 2.45) is 11.8 Å². The summed E-state index contributed by atoms with van der Waals surface area (Å²) in [5.41, 5.74) is 0. The second-order valence-electron chi connectivity index (χ2n) is 5.09. The summed E-state index contributed by atoms with van der Waals surface area (Å²) in [7, 11) is 0. The summed E-state index contributed by atoms with van der Waals surface area (Å²) in [6.45, 7) is 0. The van der Waals surface area contributed by atoms with Gasteiger partial charge in [0.2, 0.25) is 0 Å². The number of Topliss-reactive ketones (excluding diaryl/α,β-unsaturated/α-hetero) is 2. The molecule has 0 saturated heterocycles. The first-order chi connectivity index (χ1) is 7.27. The van der Waals surface area contributed by atoms with E-state index < -0.39 is 0 Å². The van der Waals surface area contributed by atoms with Crippen LogP contribution in [-0.4, -0.2) is 11.6 Å². The summed E-state index contributed by atoms with van der Waals surface area (Å²) in [6, 6.07) is 0. The van der Waals surface area contributed by atoms with E-state index in [-0.39, 0.29) is 17.5 Å². The van der Waals surface area contributed by atoms with Crippen molar-refractivity contribution in [1.82, 2.24) is 0 Å². The molecule has 1 atom stereocenters. The van der Waals surface area contributed by atoms with Crippen LogP contribution in [0.15, 0.2) is 0 Å². The summed E-state index contributed by atoms with van der Waals surface area (Å²) in [4.78, 5) is 23.3. The van der Waals surface area contributed by atoms with Gasteiger partial charge in [-0.25, -0.2) is 0 Å². The van der Waals surface area contributed by atoms with Crippen LogP contribution in [0.3, 0.4) is 0 Å². The van der Waals surface area contributed by atoms with E-state index in [1.807, 2.05) is 0 Å². The van der Waals surface area contributed by atoms with Crippen molar-refractivity contribution in [2.45, 2.75) is 57.8 Å². The standard InChI is InChI=1S/C13H20O2/c14-12-8-4-7-11(12)13(15)9-10-5-2-1-3-6-10/h10-11H,1-9H2. The van der Waals surface area contributed by atoms with Crippen molar-refractivity contribution >= 4 is 11.6 Å². The lowest BCUT2D eigenvalue weighted by Crippen LogP contribution is -2.22. The zero-order valence-corrected chi connectivity index (χ0v) is 9.34. The van der Waals surface area contributed by atoms with E-state index in [9.17, 15) is 9.59 Å². The molecule has 15 heavy (non-hydrogen) atoms. The third-order valence-corrected chi connectivity index (χ3v) is 3.91. The van der Waals surface area contributed by atoms with Crippen LogP contribution in [0.1, 0.15) is 57.8 Å². The van der Waals surface area contributed by atoms with Gasteiger partial charge in [-0.1, -0.05) is 32.1 Å². The van der Waals surface area contributed by atoms with Crippen molar-refractivity contribution in [3.8, 4) is 0 Å². The van der Waals surface area contributed by atoms with Crippen LogP contribution in [0.2, 0.25) is 0 Å². The Balaban J connectivity index is 1.82. The summed E-state index contributed by atoms with van der Waals surface area (Å²) < 4.78 is 0. The zero-order valence-electron chi connectivity index (χ0n) is 9.34. The van der Waals surface area contributed by atoms with Gasteiger partial charge in [-0.2, -0.15) is 0 Å². The number of hydrogen-bond donors (Lipinski definition) is 0. The maximum atomic E-state index is 11.9. The van der Waals surface area contributed by atoms with E-state index >= 15 is 0 Å². The summed E-state index contributed by atoms with van der Waals surface area (Å²) >= 11 is 0. The fourth-order valence-corrected chi connectivity index (χ4v) is 2.97. The van der Waals surface area contributed by atoms with Gasteiger partial charge < -0.3 is 0 Å². The van der Waals surface area contributed by atoms with Gasteiger partial charge in [0.1, 0.15) is 11.6 Å². The maximum absolute atomic E-state index is 11.9. The highest BCUT2D eigenvalue weighted by Gasteiger charge is 2.31. The predicted molar refractivity (Wildman–Crippen MR) is 58.5 cm³/mol. The molecule has 0 heterocycles. The molecule has 0 aliphatic heterocycles. The summed E-state index contributed by atoms with van der Waals surface area (Å²) in [6.07, 6.45) is 9.35. The van der Waals surface area contributed by atoms with Crippen LogP contribution in [-0.2, 0) is 9.59 Å². The minimum atomic E-state index is -0.216. The highest BCUT2D eigenvalue weighted by molar-refractivity contribution is 6.03. The number of rotatable bonds is 3. The van der Waals surface area contributed by atoms with Gasteiger partial charge in [0.15, 0.2) is 0 Å². The third-order valence-electron chi connectivity index (χ3n) is 3.91. The van der Waals surface area contributed by atoms with Crippen LogP contribution >= 0.6 is 0 Å². The predicted octanol–water partition coefficient (Wildman–Crippen LogP) is 2.90. The molecular weight excluding hydrogens is 188 g/mol. The lowest BCUT2D eigenvalue weighted by molar-refractivity contribution is -0.131. The Morgan fingerprint density at radius 1 is 1.07 bits per heavy atom. The Kier molecular flexibility index (Phi) is 3.55. The topological polar surface area (TPSA) is 34.1 Å². The van der Waals surface area contributed by atoms with E-state index in [0.29, 0.717) is 18.8 Å². The minimum absolute atomic E-state index is 0.204. The van der Waals surface area contributed by atoms with Gasteiger partial charge in [0, 0.05) is 12.8 Å². The minimum Gasteiger partial charge on any atom is -0.299 e. The smallest absolute Gasteiger partial charge is 0.143 e. The number of hydrogen-bond acceptors (Lipinski definition) is 2. The average molecular weight is 208 g/mol. The van der Waals surface area contributed by atoms with Gasteiger partial charge in [0.25, 0.3) is 0 Å². The molecule has 0 N–H and O–H groups in total. The molecule has 2 fully saturated rings. The summed E-state index contributed by atoms with van der Waals surface area (Å²) in [5.74, 6) is 0.812. The molecule has 0 amide bonds. The monoisotopic (exact) mass is 208 g/mol. The first-order valence-electron chi connectivity index (χ1n) is 6.33. The van der Waals surface area contributed by atoms with E-state index in [0.717, 1.165) is 12.8 Å². The molecule has 0 aromatic carbocycles. The fourth-order valence-electron chi connectivity index (χ4n) is 2.97. The molecule has 0 aromatic rings. The average Bonchev–Trinajstić information content (AvgIpc) is 2.66. The summed E-state index contributed by atoms with van der Waals surface area (Å²) in [5, 5.41) is 0. The molecule has 0 bridgehead atoms. The van der Waals surface area contributed by atoms with Gasteiger partial charge >= 0.3 is 0 Å². The molecule has 0 spiro atoms. The highest BCUT2D eigenvalue weighted by Crippen LogP contribution is 2.30. The lowest BCUT2D eigenvalue weighted by Gasteiger charge is -2.21. The van der Waals surface area contributed by atoms with Crippen molar-refractivity contribution in [2.75, 3.05) is 0 Å². The number of carbonyl (C=O) groups is 2. The highest BCUT2D eigenvalue weighted by atomic mass is 16.2. The largest absolute Gasteiger partial charge is 0.299 e. The van der Waals surface area contributed by atoms with Crippen LogP contribution in [0.25, 0.3) is 0 Å². The molecule has 84 valence electrons. The van der Waals surface area contributed by atoms with Crippen LogP contribution in [0.4, 0.5) is 0 Å². The molecule has 0 aromatic heterocycles. The van der Waals surface area contributed by atoms with Crippen LogP contribution in [0, 0.1) is 11.8 Å².